The molecular weight excluding hydrogens is 108 g/mol. The predicted molar refractivity (Wildman–Crippen MR) is 23.7 cm³/mol. The van der Waals surface area contributed by atoms with E-state index in [4.69, 9.17) is 5.26 Å². The quantitative estimate of drug-likeness (QED) is 0.412. The van der Waals surface area contributed by atoms with E-state index >= 15 is 0 Å². The molecule has 4 nitrogen and oxygen atoms in total. The van der Waals surface area contributed by atoms with E-state index in [0.717, 1.165) is 4.90 Å². The highest BCUT2D eigenvalue weighted by Crippen LogP contribution is 1.98. The van der Waals surface area contributed by atoms with E-state index in [2.05, 4.69) is 4.74 Å². The second kappa shape index (κ2) is 1.70. The van der Waals surface area contributed by atoms with Gasteiger partial charge in [0.15, 0.2) is 6.19 Å². The van der Waals surface area contributed by atoms with Crippen molar-refractivity contribution >= 4 is 6.09 Å². The van der Waals surface area contributed by atoms with Crippen molar-refractivity contribution in [2.45, 2.75) is 0 Å². The lowest BCUT2D eigenvalue weighted by Crippen LogP contribution is -2.16. The summed E-state index contributed by atoms with van der Waals surface area (Å²) in [5.41, 5.74) is 0. The lowest BCUT2D eigenvalue weighted by atomic mass is 10.7. The molecule has 0 atom stereocenters. The molecular formula is C4H4N2O2. The standard InChI is InChI=1S/C4H4N2O2/c5-3-6-1-2-8-4(6)7/h1-2H2. The molecule has 0 aromatic heterocycles. The molecule has 0 aromatic rings. The van der Waals surface area contributed by atoms with E-state index in [1.165, 1.54) is 0 Å². The minimum absolute atomic E-state index is 0.340. The molecule has 42 valence electrons. The molecule has 0 unspecified atom stereocenters. The zero-order valence-electron chi connectivity index (χ0n) is 4.13. The largest absolute Gasteiger partial charge is 0.447 e. The molecule has 0 spiro atoms. The van der Waals surface area contributed by atoms with Gasteiger partial charge in [-0.15, -0.1) is 0 Å². The highest BCUT2D eigenvalue weighted by molar-refractivity contribution is 5.71. The Bertz CT molecular complexity index is 149. The summed E-state index contributed by atoms with van der Waals surface area (Å²) in [5.74, 6) is 0. The van der Waals surface area contributed by atoms with E-state index in [9.17, 15) is 4.79 Å². The topological polar surface area (TPSA) is 53.3 Å². The van der Waals surface area contributed by atoms with E-state index in [0.29, 0.717) is 13.2 Å². The van der Waals surface area contributed by atoms with E-state index < -0.39 is 6.09 Å². The van der Waals surface area contributed by atoms with Gasteiger partial charge in [-0.3, -0.25) is 0 Å². The van der Waals surface area contributed by atoms with Crippen LogP contribution in [0.1, 0.15) is 0 Å². The van der Waals surface area contributed by atoms with Crippen molar-refractivity contribution in [2.75, 3.05) is 13.2 Å². The number of cyclic esters (lactones) is 1. The molecule has 8 heavy (non-hydrogen) atoms. The molecule has 0 N–H and O–H groups in total. The first-order valence-corrected chi connectivity index (χ1v) is 2.18. The Morgan fingerprint density at radius 3 is 2.88 bits per heavy atom. The second-order valence-corrected chi connectivity index (χ2v) is 1.37. The maximum absolute atomic E-state index is 10.3. The fourth-order valence-corrected chi connectivity index (χ4v) is 0.484. The summed E-state index contributed by atoms with van der Waals surface area (Å²) in [6, 6.07) is 0. The lowest BCUT2D eigenvalue weighted by molar-refractivity contribution is 0.167. The third-order valence-corrected chi connectivity index (χ3v) is 0.882. The van der Waals surface area contributed by atoms with Crippen LogP contribution in [0.25, 0.3) is 0 Å². The van der Waals surface area contributed by atoms with Gasteiger partial charge in [0, 0.05) is 0 Å². The van der Waals surface area contributed by atoms with Crippen molar-refractivity contribution < 1.29 is 9.53 Å². The molecule has 4 heteroatoms. The number of carbonyl (C=O) groups excluding carboxylic acids is 1. The molecule has 1 heterocycles. The van der Waals surface area contributed by atoms with Crippen molar-refractivity contribution in [3.05, 3.63) is 0 Å². The van der Waals surface area contributed by atoms with Crippen LogP contribution in [0, 0.1) is 11.5 Å². The number of hydrogen-bond donors (Lipinski definition) is 0. The molecule has 1 amide bonds. The van der Waals surface area contributed by atoms with Gasteiger partial charge in [-0.25, -0.2) is 9.69 Å². The SMILES string of the molecule is N#CN1CCOC1=O. The molecule has 0 radical (unpaired) electrons. The Balaban J connectivity index is 2.58. The summed E-state index contributed by atoms with van der Waals surface area (Å²) in [7, 11) is 0. The summed E-state index contributed by atoms with van der Waals surface area (Å²) in [6.45, 7) is 0.738. The monoisotopic (exact) mass is 112 g/mol. The van der Waals surface area contributed by atoms with Crippen LogP contribution in [0.4, 0.5) is 4.79 Å². The Morgan fingerprint density at radius 1 is 1.88 bits per heavy atom. The van der Waals surface area contributed by atoms with Crippen molar-refractivity contribution in [3.63, 3.8) is 0 Å². The van der Waals surface area contributed by atoms with Crippen molar-refractivity contribution in [3.8, 4) is 6.19 Å². The number of rotatable bonds is 0. The van der Waals surface area contributed by atoms with Crippen molar-refractivity contribution in [1.29, 1.82) is 5.26 Å². The maximum atomic E-state index is 10.3. The van der Waals surface area contributed by atoms with Gasteiger partial charge < -0.3 is 4.74 Å². The number of nitriles is 1. The van der Waals surface area contributed by atoms with Gasteiger partial charge in [0.2, 0.25) is 0 Å². The predicted octanol–water partition coefficient (Wildman–Crippen LogP) is -0.0803. The minimum atomic E-state index is -0.535. The number of nitrogens with zero attached hydrogens (tertiary/aromatic N) is 2. The van der Waals surface area contributed by atoms with Crippen molar-refractivity contribution in [2.24, 2.45) is 0 Å². The fraction of sp³-hybridized carbons (Fsp3) is 0.500. The van der Waals surface area contributed by atoms with Gasteiger partial charge in [0.1, 0.15) is 6.61 Å². The van der Waals surface area contributed by atoms with Gasteiger partial charge in [-0.1, -0.05) is 0 Å². The summed E-state index contributed by atoms with van der Waals surface area (Å²) in [6.07, 6.45) is 1.14. The second-order valence-electron chi connectivity index (χ2n) is 1.37. The highest BCUT2D eigenvalue weighted by atomic mass is 16.6. The Hall–Kier alpha value is -1.24. The molecule has 0 saturated carbocycles. The van der Waals surface area contributed by atoms with Crippen LogP contribution >= 0.6 is 0 Å². The van der Waals surface area contributed by atoms with Gasteiger partial charge in [0.05, 0.1) is 6.54 Å². The van der Waals surface area contributed by atoms with Crippen LogP contribution in [0.5, 0.6) is 0 Å². The Labute approximate surface area is 46.3 Å². The van der Waals surface area contributed by atoms with Crippen LogP contribution in [0.3, 0.4) is 0 Å². The third-order valence-electron chi connectivity index (χ3n) is 0.882. The van der Waals surface area contributed by atoms with Gasteiger partial charge in [-0.05, 0) is 0 Å². The zero-order valence-corrected chi connectivity index (χ0v) is 4.13. The van der Waals surface area contributed by atoms with E-state index in [-0.39, 0.29) is 0 Å². The highest BCUT2D eigenvalue weighted by Gasteiger charge is 2.20. The van der Waals surface area contributed by atoms with E-state index in [1.54, 1.807) is 6.19 Å². The normalized spacial score (nSPS) is 17.9. The number of ether oxygens (including phenoxy) is 1. The van der Waals surface area contributed by atoms with Crippen LogP contribution in [-0.4, -0.2) is 24.1 Å². The third kappa shape index (κ3) is 0.581. The summed E-state index contributed by atoms with van der Waals surface area (Å²) in [4.78, 5) is 11.3. The van der Waals surface area contributed by atoms with Crippen LogP contribution in [0.15, 0.2) is 0 Å². The number of amides is 1. The zero-order chi connectivity index (χ0) is 5.98. The van der Waals surface area contributed by atoms with Gasteiger partial charge in [0.25, 0.3) is 0 Å². The van der Waals surface area contributed by atoms with Crippen molar-refractivity contribution in [1.82, 2.24) is 4.90 Å². The molecule has 0 bridgehead atoms. The van der Waals surface area contributed by atoms with Crippen LogP contribution in [-0.2, 0) is 4.74 Å². The Morgan fingerprint density at radius 2 is 2.62 bits per heavy atom. The summed E-state index contributed by atoms with van der Waals surface area (Å²) < 4.78 is 4.42. The number of hydrogen-bond acceptors (Lipinski definition) is 3. The van der Waals surface area contributed by atoms with Gasteiger partial charge >= 0.3 is 6.09 Å². The smallest absolute Gasteiger partial charge is 0.423 e. The molecule has 0 aromatic carbocycles. The molecule has 0 aliphatic carbocycles. The lowest BCUT2D eigenvalue weighted by Gasteiger charge is -1.94. The molecule has 1 saturated heterocycles. The fourth-order valence-electron chi connectivity index (χ4n) is 0.484. The summed E-state index contributed by atoms with van der Waals surface area (Å²) >= 11 is 0. The number of carbonyl (C=O) groups is 1. The average molecular weight is 112 g/mol. The maximum Gasteiger partial charge on any atom is 0.423 e. The first-order valence-electron chi connectivity index (χ1n) is 2.18. The molecule has 1 fully saturated rings. The first kappa shape index (κ1) is 4.91. The molecule has 1 rings (SSSR count). The summed E-state index contributed by atoms with van der Waals surface area (Å²) in [5, 5.41) is 8.11. The molecule has 1 aliphatic heterocycles. The average Bonchev–Trinajstić information content (AvgIpc) is 2.14. The first-order chi connectivity index (χ1) is 3.84. The Kier molecular flexibility index (Phi) is 1.04. The van der Waals surface area contributed by atoms with Crippen LogP contribution < -0.4 is 0 Å². The van der Waals surface area contributed by atoms with E-state index in [1.807, 2.05) is 0 Å². The minimum Gasteiger partial charge on any atom is -0.447 e. The van der Waals surface area contributed by atoms with Gasteiger partial charge in [-0.2, -0.15) is 5.26 Å². The van der Waals surface area contributed by atoms with Crippen LogP contribution in [0.2, 0.25) is 0 Å². The molecule has 1 aliphatic rings.